The van der Waals surface area contributed by atoms with E-state index in [4.69, 9.17) is 4.74 Å². The molecule has 382 valence electrons. The predicted octanol–water partition coefficient (Wildman–Crippen LogP) is 17.6. The number of unbranched alkanes of at least 4 members (excludes halogenated alkanes) is 38. The maximum atomic E-state index is 12.4. The molecule has 6 nitrogen and oxygen atoms in total. The van der Waals surface area contributed by atoms with Gasteiger partial charge in [-0.3, -0.25) is 9.59 Å². The van der Waals surface area contributed by atoms with Gasteiger partial charge in [-0.2, -0.15) is 0 Å². The molecule has 0 aromatic carbocycles. The molecule has 6 heteroatoms. The number of aliphatic hydroxyl groups excluding tert-OH is 2. The Morgan fingerprint density at radius 2 is 0.769 bits per heavy atom. The highest BCUT2D eigenvalue weighted by molar-refractivity contribution is 5.76. The summed E-state index contributed by atoms with van der Waals surface area (Å²) in [6.07, 6.45) is 67.4. The number of carbonyl (C=O) groups is 2. The maximum Gasteiger partial charge on any atom is 0.305 e. The van der Waals surface area contributed by atoms with Gasteiger partial charge in [-0.25, -0.2) is 0 Å². The van der Waals surface area contributed by atoms with E-state index in [-0.39, 0.29) is 18.5 Å². The van der Waals surface area contributed by atoms with Gasteiger partial charge in [-0.05, 0) is 64.2 Å². The van der Waals surface area contributed by atoms with Crippen molar-refractivity contribution < 1.29 is 24.5 Å². The average Bonchev–Trinajstić information content (AvgIpc) is 3.31. The number of rotatable bonds is 53. The van der Waals surface area contributed by atoms with E-state index in [1.165, 1.54) is 225 Å². The topological polar surface area (TPSA) is 95.9 Å². The zero-order chi connectivity index (χ0) is 47.2. The molecule has 0 aromatic heterocycles. The highest BCUT2D eigenvalue weighted by Gasteiger charge is 2.18. The summed E-state index contributed by atoms with van der Waals surface area (Å²) in [6.45, 7) is 4.86. The molecule has 0 aliphatic rings. The Morgan fingerprint density at radius 3 is 1.18 bits per heavy atom. The third kappa shape index (κ3) is 51.3. The van der Waals surface area contributed by atoms with E-state index in [9.17, 15) is 19.8 Å². The van der Waals surface area contributed by atoms with Crippen LogP contribution in [-0.2, 0) is 14.3 Å². The lowest BCUT2D eigenvalue weighted by atomic mass is 10.0. The van der Waals surface area contributed by atoms with Gasteiger partial charge in [0.05, 0.1) is 25.4 Å². The molecular weight excluding hydrogens is 803 g/mol. The Hall–Kier alpha value is -1.92. The van der Waals surface area contributed by atoms with Crippen LogP contribution in [0.15, 0.2) is 36.5 Å². The van der Waals surface area contributed by atoms with Gasteiger partial charge in [-0.15, -0.1) is 0 Å². The summed E-state index contributed by atoms with van der Waals surface area (Å²) in [5, 5.41) is 23.0. The molecule has 0 saturated carbocycles. The molecule has 0 bridgehead atoms. The van der Waals surface area contributed by atoms with Gasteiger partial charge in [0.25, 0.3) is 0 Å². The van der Waals surface area contributed by atoms with Crippen molar-refractivity contribution >= 4 is 11.9 Å². The van der Waals surface area contributed by atoms with Crippen molar-refractivity contribution in [2.45, 2.75) is 315 Å². The molecule has 0 aromatic rings. The lowest BCUT2D eigenvalue weighted by molar-refractivity contribution is -0.143. The first kappa shape index (κ1) is 63.1. The van der Waals surface area contributed by atoms with E-state index in [2.05, 4.69) is 43.5 Å². The molecule has 1 amide bonds. The smallest absolute Gasteiger partial charge is 0.305 e. The predicted molar refractivity (Wildman–Crippen MR) is 283 cm³/mol. The number of ether oxygens (including phenoxy) is 1. The van der Waals surface area contributed by atoms with E-state index in [1.54, 1.807) is 6.08 Å². The number of carbonyl (C=O) groups excluding carboxylic acids is 2. The first-order valence-electron chi connectivity index (χ1n) is 28.8. The largest absolute Gasteiger partial charge is 0.466 e. The Morgan fingerprint density at radius 1 is 0.431 bits per heavy atom. The number of hydrogen-bond acceptors (Lipinski definition) is 5. The van der Waals surface area contributed by atoms with Gasteiger partial charge in [0.2, 0.25) is 5.91 Å². The van der Waals surface area contributed by atoms with Crippen molar-refractivity contribution in [1.82, 2.24) is 5.32 Å². The third-order valence-corrected chi connectivity index (χ3v) is 13.2. The molecule has 0 rings (SSSR count). The Kier molecular flexibility index (Phi) is 53.1. The SMILES string of the molecule is CCCCCC/C=C\C/C=C\CCCCCCCC(=O)OCCCCCCCCCCCCCCCCCCCCCCCCC(=O)NC(CO)C(O)/C=C/CCCCCCCCCC. The van der Waals surface area contributed by atoms with Gasteiger partial charge in [0.1, 0.15) is 0 Å². The first-order valence-corrected chi connectivity index (χ1v) is 28.8. The highest BCUT2D eigenvalue weighted by atomic mass is 16.5. The van der Waals surface area contributed by atoms with Crippen LogP contribution in [0.25, 0.3) is 0 Å². The average molecular weight is 915 g/mol. The molecule has 3 N–H and O–H groups in total. The molecule has 0 aliphatic carbocycles. The monoisotopic (exact) mass is 914 g/mol. The van der Waals surface area contributed by atoms with Crippen molar-refractivity contribution in [2.24, 2.45) is 0 Å². The lowest BCUT2D eigenvalue weighted by Crippen LogP contribution is -2.45. The van der Waals surface area contributed by atoms with Gasteiger partial charge < -0.3 is 20.3 Å². The zero-order valence-electron chi connectivity index (χ0n) is 43.5. The number of nitrogens with one attached hydrogen (secondary N) is 1. The van der Waals surface area contributed by atoms with Crippen LogP contribution in [0, 0.1) is 0 Å². The van der Waals surface area contributed by atoms with Crippen LogP contribution in [0.4, 0.5) is 0 Å². The van der Waals surface area contributed by atoms with E-state index in [0.29, 0.717) is 19.4 Å². The van der Waals surface area contributed by atoms with Gasteiger partial charge in [0, 0.05) is 12.8 Å². The second-order valence-electron chi connectivity index (χ2n) is 19.6. The standard InChI is InChI=1S/C59H111NO5/c1-3-5-7-9-11-13-15-16-17-27-30-33-37-41-45-49-53-59(64)65-54-50-46-42-38-34-31-28-25-23-21-19-18-20-22-24-26-29-32-36-40-44-48-52-58(63)60-56(55-61)57(62)51-47-43-39-35-14-12-10-8-6-4-2/h13,15,17,27,47,51,56-57,61-62H,3-12,14,16,18-26,28-46,48-50,52-55H2,1-2H3,(H,60,63)/b15-13-,27-17-,51-47+. The van der Waals surface area contributed by atoms with E-state index in [0.717, 1.165) is 51.4 Å². The van der Waals surface area contributed by atoms with Gasteiger partial charge in [0.15, 0.2) is 0 Å². The summed E-state index contributed by atoms with van der Waals surface area (Å²) in [5.41, 5.74) is 0. The normalized spacial score (nSPS) is 12.9. The van der Waals surface area contributed by atoms with Gasteiger partial charge in [-0.1, -0.05) is 262 Å². The molecule has 0 saturated heterocycles. The van der Waals surface area contributed by atoms with Crippen LogP contribution in [-0.4, -0.2) is 47.4 Å². The molecule has 2 atom stereocenters. The van der Waals surface area contributed by atoms with Crippen LogP contribution < -0.4 is 5.32 Å². The quantitative estimate of drug-likeness (QED) is 0.0321. The molecule has 65 heavy (non-hydrogen) atoms. The maximum absolute atomic E-state index is 12.4. The summed E-state index contributed by atoms with van der Waals surface area (Å²) >= 11 is 0. The van der Waals surface area contributed by atoms with Crippen LogP contribution in [0.5, 0.6) is 0 Å². The van der Waals surface area contributed by atoms with E-state index < -0.39 is 12.1 Å². The summed E-state index contributed by atoms with van der Waals surface area (Å²) < 4.78 is 5.48. The van der Waals surface area contributed by atoms with E-state index >= 15 is 0 Å². The Bertz CT molecular complexity index is 1060. The highest BCUT2D eigenvalue weighted by Crippen LogP contribution is 2.17. The molecule has 2 unspecified atom stereocenters. The van der Waals surface area contributed by atoms with Crippen molar-refractivity contribution in [1.29, 1.82) is 0 Å². The van der Waals surface area contributed by atoms with Crippen LogP contribution in [0.3, 0.4) is 0 Å². The number of esters is 1. The number of amides is 1. The first-order chi connectivity index (χ1) is 32.0. The lowest BCUT2D eigenvalue weighted by Gasteiger charge is -2.20. The minimum Gasteiger partial charge on any atom is -0.466 e. The van der Waals surface area contributed by atoms with Crippen molar-refractivity contribution in [2.75, 3.05) is 13.2 Å². The second kappa shape index (κ2) is 54.7. The summed E-state index contributed by atoms with van der Waals surface area (Å²) in [4.78, 5) is 24.4. The van der Waals surface area contributed by atoms with Crippen molar-refractivity contribution in [3.05, 3.63) is 36.5 Å². The minimum absolute atomic E-state index is 0.00119. The van der Waals surface area contributed by atoms with Crippen LogP contribution in [0.1, 0.15) is 303 Å². The van der Waals surface area contributed by atoms with Crippen LogP contribution in [0.2, 0.25) is 0 Å². The van der Waals surface area contributed by atoms with Gasteiger partial charge >= 0.3 is 5.97 Å². The Labute approximate surface area is 404 Å². The molecule has 0 aliphatic heterocycles. The summed E-state index contributed by atoms with van der Waals surface area (Å²) in [5.74, 6) is -0.0715. The molecule has 0 radical (unpaired) electrons. The molecule has 0 fully saturated rings. The minimum atomic E-state index is -0.843. The number of hydrogen-bond donors (Lipinski definition) is 3. The molecule has 0 spiro atoms. The summed E-state index contributed by atoms with van der Waals surface area (Å²) in [6, 6.07) is -0.626. The third-order valence-electron chi connectivity index (χ3n) is 13.2. The second-order valence-corrected chi connectivity index (χ2v) is 19.6. The molecule has 0 heterocycles. The number of aliphatic hydroxyl groups is 2. The van der Waals surface area contributed by atoms with Crippen molar-refractivity contribution in [3.8, 4) is 0 Å². The van der Waals surface area contributed by atoms with E-state index in [1.807, 2.05) is 6.08 Å². The fraction of sp³-hybridized carbons (Fsp3) is 0.864. The molecular formula is C59H111NO5. The Balaban J connectivity index is 3.38. The van der Waals surface area contributed by atoms with Crippen molar-refractivity contribution in [3.63, 3.8) is 0 Å². The fourth-order valence-corrected chi connectivity index (χ4v) is 8.72. The fourth-order valence-electron chi connectivity index (χ4n) is 8.72. The number of allylic oxidation sites excluding steroid dienone is 5. The summed E-state index contributed by atoms with van der Waals surface area (Å²) in [7, 11) is 0. The zero-order valence-corrected chi connectivity index (χ0v) is 43.5. The van der Waals surface area contributed by atoms with Crippen LogP contribution >= 0.6 is 0 Å².